The lowest BCUT2D eigenvalue weighted by Crippen LogP contribution is -2.34. The normalized spacial score (nSPS) is 10.1. The molecular weight excluding hydrogens is 340 g/mol. The van der Waals surface area contributed by atoms with Gasteiger partial charge in [-0.05, 0) is 26.0 Å². The molecule has 1 aromatic heterocycles. The maximum atomic E-state index is 11.9. The summed E-state index contributed by atoms with van der Waals surface area (Å²) in [5.74, 6) is 0.123. The molecule has 2 N–H and O–H groups in total. The first kappa shape index (κ1) is 18.9. The molecule has 26 heavy (non-hydrogen) atoms. The summed E-state index contributed by atoms with van der Waals surface area (Å²) in [6, 6.07) is 8.82. The van der Waals surface area contributed by atoms with Gasteiger partial charge in [0.2, 0.25) is 11.6 Å². The third kappa shape index (κ3) is 4.79. The molecule has 0 aliphatic carbocycles. The van der Waals surface area contributed by atoms with E-state index >= 15 is 0 Å². The Morgan fingerprint density at radius 2 is 1.92 bits per heavy atom. The zero-order chi connectivity index (χ0) is 18.9. The van der Waals surface area contributed by atoms with Crippen LogP contribution in [0.15, 0.2) is 36.7 Å². The minimum atomic E-state index is -0.581. The summed E-state index contributed by atoms with van der Waals surface area (Å²) in [6.07, 6.45) is 1.20. The molecule has 0 radical (unpaired) electrons. The lowest BCUT2D eigenvalue weighted by molar-refractivity contribution is -0.383. The van der Waals surface area contributed by atoms with Crippen LogP contribution in [-0.4, -0.2) is 40.5 Å². The topological polar surface area (TPSA) is 123 Å². The van der Waals surface area contributed by atoms with E-state index in [1.165, 1.54) is 6.33 Å². The van der Waals surface area contributed by atoms with Crippen molar-refractivity contribution in [3.8, 4) is 5.75 Å². The van der Waals surface area contributed by atoms with Gasteiger partial charge in [0.05, 0.1) is 4.92 Å². The van der Waals surface area contributed by atoms with Crippen molar-refractivity contribution in [2.24, 2.45) is 0 Å². The van der Waals surface area contributed by atoms with Gasteiger partial charge in [-0.25, -0.2) is 9.97 Å². The Morgan fingerprint density at radius 1 is 1.23 bits per heavy atom. The zero-order valence-electron chi connectivity index (χ0n) is 14.5. The van der Waals surface area contributed by atoms with Crippen molar-refractivity contribution in [2.75, 3.05) is 30.0 Å². The highest BCUT2D eigenvalue weighted by Gasteiger charge is 2.26. The first-order chi connectivity index (χ1) is 12.6. The lowest BCUT2D eigenvalue weighted by atomic mass is 10.3. The number of benzene rings is 1. The van der Waals surface area contributed by atoms with Gasteiger partial charge in [0, 0.05) is 13.1 Å². The van der Waals surface area contributed by atoms with Crippen LogP contribution in [0.25, 0.3) is 0 Å². The van der Waals surface area contributed by atoms with Crippen LogP contribution in [0.1, 0.15) is 13.8 Å². The Bertz CT molecular complexity index is 752. The van der Waals surface area contributed by atoms with E-state index in [0.29, 0.717) is 18.8 Å². The standard InChI is InChI=1S/C16H20N6O4/c1-3-21(4-2)16-14(22(24)25)15(17-11-18-16)20-19-13(23)10-26-12-8-6-5-7-9-12/h5-9,11H,3-4,10H2,1-2H3,(H,19,23)(H,17,18,20). The smallest absolute Gasteiger partial charge is 0.355 e. The third-order valence-electron chi connectivity index (χ3n) is 3.48. The maximum Gasteiger partial charge on any atom is 0.355 e. The summed E-state index contributed by atoms with van der Waals surface area (Å²) in [5, 5.41) is 11.5. The fraction of sp³-hybridized carbons (Fsp3) is 0.312. The van der Waals surface area contributed by atoms with E-state index in [0.717, 1.165) is 0 Å². The fourth-order valence-electron chi connectivity index (χ4n) is 2.21. The lowest BCUT2D eigenvalue weighted by Gasteiger charge is -2.20. The number of hydrazine groups is 1. The number of carbonyl (C=O) groups is 1. The first-order valence-electron chi connectivity index (χ1n) is 8.03. The molecule has 138 valence electrons. The Balaban J connectivity index is 2.05. The summed E-state index contributed by atoms with van der Waals surface area (Å²) in [6.45, 7) is 4.57. The summed E-state index contributed by atoms with van der Waals surface area (Å²) >= 11 is 0. The SMILES string of the molecule is CCN(CC)c1ncnc(NNC(=O)COc2ccccc2)c1[N+](=O)[O-]. The first-order valence-corrected chi connectivity index (χ1v) is 8.03. The number of hydrogen-bond donors (Lipinski definition) is 2. The highest BCUT2D eigenvalue weighted by Crippen LogP contribution is 2.31. The number of rotatable bonds is 9. The average Bonchev–Trinajstić information content (AvgIpc) is 2.66. The van der Waals surface area contributed by atoms with Crippen molar-refractivity contribution in [1.82, 2.24) is 15.4 Å². The number of aromatic nitrogens is 2. The van der Waals surface area contributed by atoms with Gasteiger partial charge in [-0.3, -0.25) is 25.8 Å². The summed E-state index contributed by atoms with van der Waals surface area (Å²) < 4.78 is 5.30. The molecule has 10 heteroatoms. The molecule has 0 aliphatic rings. The summed E-state index contributed by atoms with van der Waals surface area (Å²) in [7, 11) is 0. The van der Waals surface area contributed by atoms with E-state index in [-0.39, 0.29) is 23.9 Å². The number of nitrogens with zero attached hydrogens (tertiary/aromatic N) is 4. The van der Waals surface area contributed by atoms with Gasteiger partial charge in [-0.2, -0.15) is 0 Å². The molecule has 0 saturated heterocycles. The van der Waals surface area contributed by atoms with Crippen molar-refractivity contribution >= 4 is 23.2 Å². The average molecular weight is 360 g/mol. The monoisotopic (exact) mass is 360 g/mol. The molecule has 1 heterocycles. The zero-order valence-corrected chi connectivity index (χ0v) is 14.5. The molecule has 0 bridgehead atoms. The number of nitrogens with one attached hydrogen (secondary N) is 2. The number of carbonyl (C=O) groups excluding carboxylic acids is 1. The second-order valence-corrected chi connectivity index (χ2v) is 5.10. The second kappa shape index (κ2) is 9.16. The van der Waals surface area contributed by atoms with Crippen LogP contribution in [0.2, 0.25) is 0 Å². The number of ether oxygens (including phenoxy) is 1. The molecule has 0 fully saturated rings. The van der Waals surface area contributed by atoms with Crippen LogP contribution < -0.4 is 20.5 Å². The van der Waals surface area contributed by atoms with Gasteiger partial charge in [0.1, 0.15) is 12.1 Å². The van der Waals surface area contributed by atoms with Crippen molar-refractivity contribution < 1.29 is 14.5 Å². The van der Waals surface area contributed by atoms with E-state index in [9.17, 15) is 14.9 Å². The summed E-state index contributed by atoms with van der Waals surface area (Å²) in [5.41, 5.74) is 4.51. The van der Waals surface area contributed by atoms with E-state index in [1.54, 1.807) is 29.2 Å². The molecule has 0 saturated carbocycles. The Hall–Kier alpha value is -3.43. The highest BCUT2D eigenvalue weighted by atomic mass is 16.6. The van der Waals surface area contributed by atoms with Gasteiger partial charge in [-0.1, -0.05) is 18.2 Å². The van der Waals surface area contributed by atoms with Gasteiger partial charge >= 0.3 is 5.69 Å². The van der Waals surface area contributed by atoms with E-state index in [4.69, 9.17) is 4.74 Å². The van der Waals surface area contributed by atoms with Crippen LogP contribution in [0, 0.1) is 10.1 Å². The predicted octanol–water partition coefficient (Wildman–Crippen LogP) is 1.75. The number of hydrogen-bond acceptors (Lipinski definition) is 8. The van der Waals surface area contributed by atoms with Gasteiger partial charge < -0.3 is 9.64 Å². The van der Waals surface area contributed by atoms with Crippen LogP contribution in [0.4, 0.5) is 17.3 Å². The van der Waals surface area contributed by atoms with Crippen LogP contribution >= 0.6 is 0 Å². The van der Waals surface area contributed by atoms with Crippen LogP contribution in [0.5, 0.6) is 5.75 Å². The quantitative estimate of drug-likeness (QED) is 0.512. The predicted molar refractivity (Wildman–Crippen MR) is 95.9 cm³/mol. The Labute approximate surface area is 150 Å². The molecule has 0 aliphatic heterocycles. The number of anilines is 2. The van der Waals surface area contributed by atoms with Crippen LogP contribution in [-0.2, 0) is 4.79 Å². The Morgan fingerprint density at radius 3 is 2.54 bits per heavy atom. The van der Waals surface area contributed by atoms with E-state index < -0.39 is 10.8 Å². The number of nitro groups is 1. The molecule has 1 amide bonds. The van der Waals surface area contributed by atoms with Gasteiger partial charge in [0.15, 0.2) is 6.61 Å². The van der Waals surface area contributed by atoms with Gasteiger partial charge in [0.25, 0.3) is 5.91 Å². The van der Waals surface area contributed by atoms with E-state index in [1.807, 2.05) is 19.9 Å². The third-order valence-corrected chi connectivity index (χ3v) is 3.48. The van der Waals surface area contributed by atoms with Gasteiger partial charge in [-0.15, -0.1) is 0 Å². The number of amides is 1. The fourth-order valence-corrected chi connectivity index (χ4v) is 2.21. The number of para-hydroxylation sites is 1. The van der Waals surface area contributed by atoms with Crippen LogP contribution in [0.3, 0.4) is 0 Å². The van der Waals surface area contributed by atoms with Crippen molar-refractivity contribution in [2.45, 2.75) is 13.8 Å². The molecule has 0 atom stereocenters. The largest absolute Gasteiger partial charge is 0.484 e. The maximum absolute atomic E-state index is 11.9. The molecule has 2 aromatic rings. The Kier molecular flexibility index (Phi) is 6.66. The molecule has 2 rings (SSSR count). The highest BCUT2D eigenvalue weighted by molar-refractivity contribution is 5.80. The minimum absolute atomic E-state index is 0.0973. The van der Waals surface area contributed by atoms with Crippen molar-refractivity contribution in [3.63, 3.8) is 0 Å². The molecule has 0 unspecified atom stereocenters. The second-order valence-electron chi connectivity index (χ2n) is 5.10. The molecular formula is C16H20N6O4. The molecule has 10 nitrogen and oxygen atoms in total. The summed E-state index contributed by atoms with van der Waals surface area (Å²) in [4.78, 5) is 32.3. The minimum Gasteiger partial charge on any atom is -0.484 e. The van der Waals surface area contributed by atoms with Crippen molar-refractivity contribution in [1.29, 1.82) is 0 Å². The molecule has 1 aromatic carbocycles. The van der Waals surface area contributed by atoms with Crippen molar-refractivity contribution in [3.05, 3.63) is 46.8 Å². The molecule has 0 spiro atoms. The van der Waals surface area contributed by atoms with E-state index in [2.05, 4.69) is 20.8 Å².